The molecule has 1 aliphatic heterocycles. The molecule has 0 bridgehead atoms. The summed E-state index contributed by atoms with van der Waals surface area (Å²) in [6.07, 6.45) is -0.372. The average Bonchev–Trinajstić information content (AvgIpc) is 3.15. The molecule has 0 spiro atoms. The first-order valence-corrected chi connectivity index (χ1v) is 8.17. The summed E-state index contributed by atoms with van der Waals surface area (Å²) in [7, 11) is 0. The number of aryl methyl sites for hydroxylation is 2. The van der Waals surface area contributed by atoms with Gasteiger partial charge in [-0.05, 0) is 19.9 Å². The molecule has 1 amide bonds. The molecule has 1 unspecified atom stereocenters. The summed E-state index contributed by atoms with van der Waals surface area (Å²) < 4.78 is 13.1. The quantitative estimate of drug-likeness (QED) is 0.845. The van der Waals surface area contributed by atoms with Crippen LogP contribution in [-0.2, 0) is 16.1 Å². The van der Waals surface area contributed by atoms with Gasteiger partial charge in [0.15, 0.2) is 6.10 Å². The van der Waals surface area contributed by atoms with Crippen LogP contribution in [0.25, 0.3) is 0 Å². The Balaban J connectivity index is 1.66. The predicted molar refractivity (Wildman–Crippen MR) is 85.4 cm³/mol. The summed E-state index contributed by atoms with van der Waals surface area (Å²) in [5.74, 6) is 1.19. The Hall–Kier alpha value is -2.22. The molecular weight excluding hydrogens is 310 g/mol. The third-order valence-corrected chi connectivity index (χ3v) is 4.03. The minimum absolute atomic E-state index is 0.0121. The molecule has 2 aromatic heterocycles. The number of carbonyl (C=O) groups is 1. The lowest BCUT2D eigenvalue weighted by Gasteiger charge is -2.31. The van der Waals surface area contributed by atoms with Gasteiger partial charge in [0.05, 0.1) is 18.8 Å². The molecule has 1 aliphatic rings. The minimum atomic E-state index is -0.372. The lowest BCUT2D eigenvalue weighted by Crippen LogP contribution is -2.44. The van der Waals surface area contributed by atoms with Crippen molar-refractivity contribution in [3.63, 3.8) is 0 Å². The molecule has 0 saturated carbocycles. The third kappa shape index (κ3) is 3.48. The van der Waals surface area contributed by atoms with Crippen LogP contribution in [0.4, 0.5) is 0 Å². The Labute approximate surface area is 140 Å². The van der Waals surface area contributed by atoms with Crippen LogP contribution in [0.15, 0.2) is 10.5 Å². The van der Waals surface area contributed by atoms with E-state index < -0.39 is 0 Å². The van der Waals surface area contributed by atoms with Gasteiger partial charge in [-0.1, -0.05) is 13.8 Å². The van der Waals surface area contributed by atoms with Gasteiger partial charge in [-0.3, -0.25) is 9.48 Å². The van der Waals surface area contributed by atoms with Crippen molar-refractivity contribution in [3.05, 3.63) is 29.2 Å². The van der Waals surface area contributed by atoms with Crippen LogP contribution in [0.3, 0.4) is 0 Å². The van der Waals surface area contributed by atoms with Crippen LogP contribution in [0.5, 0.6) is 0 Å². The fourth-order valence-corrected chi connectivity index (χ4v) is 2.70. The maximum absolute atomic E-state index is 12.6. The van der Waals surface area contributed by atoms with Gasteiger partial charge >= 0.3 is 0 Å². The molecule has 2 aromatic rings. The largest absolute Gasteiger partial charge is 0.422 e. The Bertz CT molecular complexity index is 721. The second-order valence-electron chi connectivity index (χ2n) is 6.42. The van der Waals surface area contributed by atoms with Crippen LogP contribution in [0.1, 0.15) is 49.0 Å². The maximum atomic E-state index is 12.6. The number of nitrogens with zero attached hydrogens (tertiary/aromatic N) is 5. The van der Waals surface area contributed by atoms with Crippen molar-refractivity contribution in [2.24, 2.45) is 0 Å². The van der Waals surface area contributed by atoms with Crippen molar-refractivity contribution in [1.29, 1.82) is 0 Å². The Morgan fingerprint density at radius 2 is 2.17 bits per heavy atom. The smallest absolute Gasteiger partial charge is 0.247 e. The number of rotatable bonds is 4. The van der Waals surface area contributed by atoms with Crippen LogP contribution >= 0.6 is 0 Å². The summed E-state index contributed by atoms with van der Waals surface area (Å²) in [4.78, 5) is 14.3. The number of ether oxygens (including phenoxy) is 1. The highest BCUT2D eigenvalue weighted by Gasteiger charge is 2.29. The van der Waals surface area contributed by atoms with E-state index in [1.807, 2.05) is 33.8 Å². The molecule has 8 heteroatoms. The van der Waals surface area contributed by atoms with E-state index in [0.29, 0.717) is 31.5 Å². The lowest BCUT2D eigenvalue weighted by atomic mass is 10.2. The molecule has 8 nitrogen and oxygen atoms in total. The highest BCUT2D eigenvalue weighted by Crippen LogP contribution is 2.23. The number of carbonyl (C=O) groups excluding carboxylic acids is 1. The number of amides is 1. The van der Waals surface area contributed by atoms with Gasteiger partial charge in [0, 0.05) is 18.2 Å². The Kier molecular flexibility index (Phi) is 4.66. The first-order chi connectivity index (χ1) is 11.4. The van der Waals surface area contributed by atoms with E-state index in [0.717, 1.165) is 11.4 Å². The van der Waals surface area contributed by atoms with Gasteiger partial charge in [-0.15, -0.1) is 10.2 Å². The zero-order valence-electron chi connectivity index (χ0n) is 14.5. The molecule has 0 radical (unpaired) electrons. The molecule has 24 heavy (non-hydrogen) atoms. The SMILES string of the molecule is Cc1cc(C)n(CC(=O)N2CCOC(c3nnc(C(C)C)o3)C2)n1. The van der Waals surface area contributed by atoms with Crippen molar-refractivity contribution in [2.75, 3.05) is 19.7 Å². The standard InChI is InChI=1S/C16H23N5O3/c1-10(2)15-17-18-16(24-15)13-8-20(5-6-23-13)14(22)9-21-12(4)7-11(3)19-21/h7,10,13H,5-6,8-9H2,1-4H3. The molecule has 0 aromatic carbocycles. The first-order valence-electron chi connectivity index (χ1n) is 8.17. The fraction of sp³-hybridized carbons (Fsp3) is 0.625. The summed E-state index contributed by atoms with van der Waals surface area (Å²) >= 11 is 0. The van der Waals surface area contributed by atoms with Gasteiger partial charge < -0.3 is 14.1 Å². The van der Waals surface area contributed by atoms with Gasteiger partial charge in [0.25, 0.3) is 0 Å². The second kappa shape index (κ2) is 6.72. The van der Waals surface area contributed by atoms with E-state index in [9.17, 15) is 4.79 Å². The van der Waals surface area contributed by atoms with Crippen LogP contribution in [0, 0.1) is 13.8 Å². The van der Waals surface area contributed by atoms with Crippen molar-refractivity contribution < 1.29 is 13.9 Å². The van der Waals surface area contributed by atoms with Crippen LogP contribution in [0.2, 0.25) is 0 Å². The highest BCUT2D eigenvalue weighted by atomic mass is 16.5. The molecule has 130 valence electrons. The first kappa shape index (κ1) is 16.6. The zero-order valence-corrected chi connectivity index (χ0v) is 14.5. The van der Waals surface area contributed by atoms with Gasteiger partial charge in [-0.25, -0.2) is 0 Å². The monoisotopic (exact) mass is 333 g/mol. The average molecular weight is 333 g/mol. The molecule has 1 saturated heterocycles. The molecule has 1 atom stereocenters. The van der Waals surface area contributed by atoms with Crippen LogP contribution in [-0.4, -0.2) is 50.5 Å². The topological polar surface area (TPSA) is 86.3 Å². The zero-order chi connectivity index (χ0) is 17.3. The maximum Gasteiger partial charge on any atom is 0.247 e. The highest BCUT2D eigenvalue weighted by molar-refractivity contribution is 5.76. The van der Waals surface area contributed by atoms with Gasteiger partial charge in [0.2, 0.25) is 17.7 Å². The number of hydrogen-bond donors (Lipinski definition) is 0. The Morgan fingerprint density at radius 1 is 1.38 bits per heavy atom. The molecule has 1 fully saturated rings. The molecule has 0 aliphatic carbocycles. The molecule has 0 N–H and O–H groups in total. The number of morpholine rings is 1. The van der Waals surface area contributed by atoms with Gasteiger partial charge in [-0.2, -0.15) is 5.10 Å². The van der Waals surface area contributed by atoms with Crippen molar-refractivity contribution in [1.82, 2.24) is 24.9 Å². The second-order valence-corrected chi connectivity index (χ2v) is 6.42. The summed E-state index contributed by atoms with van der Waals surface area (Å²) in [5.41, 5.74) is 1.89. The lowest BCUT2D eigenvalue weighted by molar-refractivity contribution is -0.140. The summed E-state index contributed by atoms with van der Waals surface area (Å²) in [6.45, 7) is 9.49. The summed E-state index contributed by atoms with van der Waals surface area (Å²) in [6, 6.07) is 1.96. The molecule has 3 heterocycles. The minimum Gasteiger partial charge on any atom is -0.422 e. The van der Waals surface area contributed by atoms with E-state index in [4.69, 9.17) is 9.15 Å². The van der Waals surface area contributed by atoms with Crippen molar-refractivity contribution >= 4 is 5.91 Å². The van der Waals surface area contributed by atoms with E-state index in [2.05, 4.69) is 15.3 Å². The van der Waals surface area contributed by atoms with Crippen LogP contribution < -0.4 is 0 Å². The number of hydrogen-bond acceptors (Lipinski definition) is 6. The third-order valence-electron chi connectivity index (χ3n) is 4.03. The molecular formula is C16H23N5O3. The normalized spacial score (nSPS) is 18.4. The van der Waals surface area contributed by atoms with E-state index in [1.54, 1.807) is 9.58 Å². The van der Waals surface area contributed by atoms with E-state index in [-0.39, 0.29) is 24.5 Å². The molecule has 3 rings (SSSR count). The fourth-order valence-electron chi connectivity index (χ4n) is 2.70. The Morgan fingerprint density at radius 3 is 2.79 bits per heavy atom. The van der Waals surface area contributed by atoms with E-state index in [1.165, 1.54) is 0 Å². The van der Waals surface area contributed by atoms with Gasteiger partial charge in [0.1, 0.15) is 6.54 Å². The summed E-state index contributed by atoms with van der Waals surface area (Å²) in [5, 5.41) is 12.4. The van der Waals surface area contributed by atoms with Crippen molar-refractivity contribution in [3.8, 4) is 0 Å². The van der Waals surface area contributed by atoms with E-state index >= 15 is 0 Å². The number of aromatic nitrogens is 4. The van der Waals surface area contributed by atoms with Crippen molar-refractivity contribution in [2.45, 2.75) is 46.3 Å². The predicted octanol–water partition coefficient (Wildman–Crippen LogP) is 1.61.